The molecule has 3 rings (SSSR count). The van der Waals surface area contributed by atoms with Crippen molar-refractivity contribution in [2.45, 2.75) is 12.8 Å². The van der Waals surface area contributed by atoms with Crippen molar-refractivity contribution < 1.29 is 19.4 Å². The number of aromatic nitrogens is 2. The minimum atomic E-state index is -1.07. The molecule has 0 amide bonds. The number of aromatic carboxylic acids is 1. The van der Waals surface area contributed by atoms with Crippen LogP contribution in [0.4, 0.5) is 5.82 Å². The van der Waals surface area contributed by atoms with Gasteiger partial charge in [-0.1, -0.05) is 0 Å². The second-order valence-corrected chi connectivity index (χ2v) is 5.53. The Hall–Kier alpha value is -2.83. The Morgan fingerprint density at radius 1 is 1.04 bits per heavy atom. The zero-order valence-corrected chi connectivity index (χ0v) is 13.7. The van der Waals surface area contributed by atoms with E-state index in [-0.39, 0.29) is 5.69 Å². The summed E-state index contributed by atoms with van der Waals surface area (Å²) in [7, 11) is 3.26. The molecule has 2 heterocycles. The number of anilines is 1. The molecule has 0 saturated carbocycles. The van der Waals surface area contributed by atoms with E-state index in [1.165, 1.54) is 23.5 Å². The topological polar surface area (TPSA) is 84.8 Å². The molecule has 1 N–H and O–H groups in total. The number of carbonyl (C=O) groups is 1. The maximum atomic E-state index is 10.9. The van der Waals surface area contributed by atoms with Crippen molar-refractivity contribution >= 4 is 11.8 Å². The number of ether oxygens (including phenoxy) is 2. The molecule has 1 aromatic carbocycles. The van der Waals surface area contributed by atoms with Gasteiger partial charge in [-0.25, -0.2) is 14.8 Å². The Labute approximate surface area is 139 Å². The highest BCUT2D eigenvalue weighted by molar-refractivity contribution is 5.84. The fraction of sp³-hybridized carbons (Fsp3) is 0.353. The maximum absolute atomic E-state index is 10.9. The summed E-state index contributed by atoms with van der Waals surface area (Å²) in [6.45, 7) is 1.56. The van der Waals surface area contributed by atoms with Gasteiger partial charge in [0.05, 0.1) is 26.6 Å². The summed E-state index contributed by atoms with van der Waals surface area (Å²) < 4.78 is 10.7. The van der Waals surface area contributed by atoms with Crippen LogP contribution in [0.5, 0.6) is 11.5 Å². The largest absolute Gasteiger partial charge is 0.493 e. The van der Waals surface area contributed by atoms with Crippen LogP contribution >= 0.6 is 0 Å². The van der Waals surface area contributed by atoms with Gasteiger partial charge < -0.3 is 19.5 Å². The molecule has 126 valence electrons. The predicted molar refractivity (Wildman–Crippen MR) is 88.2 cm³/mol. The van der Waals surface area contributed by atoms with Gasteiger partial charge >= 0.3 is 5.97 Å². The Kier molecular flexibility index (Phi) is 4.50. The van der Waals surface area contributed by atoms with E-state index in [9.17, 15) is 4.79 Å². The van der Waals surface area contributed by atoms with Crippen molar-refractivity contribution in [2.75, 3.05) is 32.2 Å². The van der Waals surface area contributed by atoms with E-state index in [1.807, 2.05) is 12.1 Å². The molecular formula is C17H19N3O4. The second kappa shape index (κ2) is 6.74. The molecule has 0 spiro atoms. The van der Waals surface area contributed by atoms with E-state index in [1.54, 1.807) is 14.2 Å². The third kappa shape index (κ3) is 3.10. The molecule has 0 bridgehead atoms. The van der Waals surface area contributed by atoms with E-state index in [0.717, 1.165) is 37.4 Å². The molecule has 7 heteroatoms. The molecule has 2 aromatic rings. The monoisotopic (exact) mass is 329 g/mol. The first-order chi connectivity index (χ1) is 11.6. The van der Waals surface area contributed by atoms with E-state index in [2.05, 4.69) is 14.9 Å². The summed E-state index contributed by atoms with van der Waals surface area (Å²) in [5, 5.41) is 8.91. The van der Waals surface area contributed by atoms with Gasteiger partial charge in [-0.3, -0.25) is 0 Å². The SMILES string of the molecule is COc1cc2c(cc1OC)CCN(c1cnc(C(=O)O)cn1)CC2. The average Bonchev–Trinajstić information content (AvgIpc) is 2.82. The van der Waals surface area contributed by atoms with Crippen molar-refractivity contribution in [1.29, 1.82) is 0 Å². The zero-order valence-electron chi connectivity index (χ0n) is 13.7. The third-order valence-corrected chi connectivity index (χ3v) is 4.19. The number of fused-ring (bicyclic) bond motifs is 1. The van der Waals surface area contributed by atoms with Gasteiger partial charge in [0, 0.05) is 13.1 Å². The van der Waals surface area contributed by atoms with Gasteiger partial charge in [0.1, 0.15) is 5.82 Å². The van der Waals surface area contributed by atoms with Crippen molar-refractivity contribution in [3.8, 4) is 11.5 Å². The Morgan fingerprint density at radius 3 is 2.04 bits per heavy atom. The molecular weight excluding hydrogens is 310 g/mol. The normalized spacial score (nSPS) is 13.8. The van der Waals surface area contributed by atoms with Crippen LogP contribution in [-0.4, -0.2) is 48.4 Å². The minimum Gasteiger partial charge on any atom is -0.493 e. The number of carboxylic acids is 1. The summed E-state index contributed by atoms with van der Waals surface area (Å²) in [4.78, 5) is 21.2. The smallest absolute Gasteiger partial charge is 0.356 e. The molecule has 1 aromatic heterocycles. The van der Waals surface area contributed by atoms with Gasteiger partial charge in [-0.2, -0.15) is 0 Å². The summed E-state index contributed by atoms with van der Waals surface area (Å²) >= 11 is 0. The van der Waals surface area contributed by atoms with E-state index in [0.29, 0.717) is 5.82 Å². The lowest BCUT2D eigenvalue weighted by Gasteiger charge is -2.20. The minimum absolute atomic E-state index is 0.0497. The number of rotatable bonds is 4. The number of hydrogen-bond acceptors (Lipinski definition) is 6. The zero-order chi connectivity index (χ0) is 17.1. The number of methoxy groups -OCH3 is 2. The first-order valence-corrected chi connectivity index (χ1v) is 7.66. The van der Waals surface area contributed by atoms with Gasteiger partial charge in [0.25, 0.3) is 0 Å². The lowest BCUT2D eigenvalue weighted by molar-refractivity contribution is 0.0690. The molecule has 1 aliphatic rings. The quantitative estimate of drug-likeness (QED) is 0.915. The summed E-state index contributed by atoms with van der Waals surface area (Å²) in [5.74, 6) is 1.08. The molecule has 24 heavy (non-hydrogen) atoms. The Bertz CT molecular complexity index is 711. The summed E-state index contributed by atoms with van der Waals surface area (Å²) in [6, 6.07) is 4.05. The van der Waals surface area contributed by atoms with Crippen molar-refractivity contribution in [3.63, 3.8) is 0 Å². The average molecular weight is 329 g/mol. The molecule has 1 aliphatic heterocycles. The molecule has 0 unspecified atom stereocenters. The first-order valence-electron chi connectivity index (χ1n) is 7.66. The molecule has 0 fully saturated rings. The van der Waals surface area contributed by atoms with E-state index >= 15 is 0 Å². The van der Waals surface area contributed by atoms with Crippen LogP contribution in [0.3, 0.4) is 0 Å². The lowest BCUT2D eigenvalue weighted by atomic mass is 10.0. The second-order valence-electron chi connectivity index (χ2n) is 5.53. The van der Waals surface area contributed by atoms with Crippen molar-refractivity contribution in [2.24, 2.45) is 0 Å². The van der Waals surface area contributed by atoms with E-state index < -0.39 is 5.97 Å². The lowest BCUT2D eigenvalue weighted by Crippen LogP contribution is -2.27. The number of carboxylic acid groups (broad SMARTS) is 1. The molecule has 0 radical (unpaired) electrons. The molecule has 0 aliphatic carbocycles. The standard InChI is InChI=1S/C17H19N3O4/c1-23-14-7-11-3-5-20(6-4-12(11)8-15(14)24-2)16-10-18-13(9-19-16)17(21)22/h7-10H,3-6H2,1-2H3,(H,21,22). The highest BCUT2D eigenvalue weighted by atomic mass is 16.5. The van der Waals surface area contributed by atoms with Crippen molar-refractivity contribution in [1.82, 2.24) is 9.97 Å². The van der Waals surface area contributed by atoms with Crippen LogP contribution in [0, 0.1) is 0 Å². The first kappa shape index (κ1) is 16.0. The highest BCUT2D eigenvalue weighted by Crippen LogP contribution is 2.32. The Balaban J connectivity index is 1.81. The molecule has 7 nitrogen and oxygen atoms in total. The maximum Gasteiger partial charge on any atom is 0.356 e. The summed E-state index contributed by atoms with van der Waals surface area (Å²) in [5.41, 5.74) is 2.40. The van der Waals surface area contributed by atoms with Crippen molar-refractivity contribution in [3.05, 3.63) is 41.3 Å². The van der Waals surface area contributed by atoms with Crippen LogP contribution in [0.2, 0.25) is 0 Å². The number of hydrogen-bond donors (Lipinski definition) is 1. The van der Waals surface area contributed by atoms with Gasteiger partial charge in [0.15, 0.2) is 17.2 Å². The fourth-order valence-electron chi connectivity index (χ4n) is 2.88. The van der Waals surface area contributed by atoms with Crippen LogP contribution in [0.1, 0.15) is 21.6 Å². The predicted octanol–water partition coefficient (Wildman–Crippen LogP) is 1.80. The van der Waals surface area contributed by atoms with Crippen LogP contribution in [0.25, 0.3) is 0 Å². The van der Waals surface area contributed by atoms with Crippen LogP contribution < -0.4 is 14.4 Å². The van der Waals surface area contributed by atoms with Crippen LogP contribution in [0.15, 0.2) is 24.5 Å². The molecule has 0 atom stereocenters. The third-order valence-electron chi connectivity index (χ3n) is 4.19. The summed E-state index contributed by atoms with van der Waals surface area (Å²) in [6.07, 6.45) is 4.50. The highest BCUT2D eigenvalue weighted by Gasteiger charge is 2.19. The number of nitrogens with zero attached hydrogens (tertiary/aromatic N) is 3. The fourth-order valence-corrected chi connectivity index (χ4v) is 2.88. The molecule has 0 saturated heterocycles. The number of benzene rings is 1. The Morgan fingerprint density at radius 2 is 1.62 bits per heavy atom. The van der Waals surface area contributed by atoms with Gasteiger partial charge in [0.2, 0.25) is 0 Å². The van der Waals surface area contributed by atoms with Gasteiger partial charge in [-0.05, 0) is 36.1 Å². The van der Waals surface area contributed by atoms with Crippen LogP contribution in [-0.2, 0) is 12.8 Å². The van der Waals surface area contributed by atoms with E-state index in [4.69, 9.17) is 14.6 Å². The van der Waals surface area contributed by atoms with Gasteiger partial charge in [-0.15, -0.1) is 0 Å².